The number of aryl methyl sites for hydroxylation is 1. The molecule has 2 aliphatic heterocycles. The van der Waals surface area contributed by atoms with Crippen molar-refractivity contribution in [3.8, 4) is 11.4 Å². The van der Waals surface area contributed by atoms with Crippen LogP contribution in [-0.2, 0) is 17.8 Å². The second kappa shape index (κ2) is 10.0. The molecule has 39 heavy (non-hydrogen) atoms. The van der Waals surface area contributed by atoms with E-state index in [2.05, 4.69) is 42.5 Å². The minimum Gasteiger partial charge on any atom is -0.378 e. The first-order chi connectivity index (χ1) is 19.2. The van der Waals surface area contributed by atoms with E-state index < -0.39 is 0 Å². The van der Waals surface area contributed by atoms with Crippen molar-refractivity contribution in [3.05, 3.63) is 54.0 Å². The lowest BCUT2D eigenvalue weighted by Gasteiger charge is -2.30. The van der Waals surface area contributed by atoms with Gasteiger partial charge in [-0.2, -0.15) is 5.10 Å². The molecule has 0 aliphatic carbocycles. The number of ether oxygens (including phenoxy) is 1. The highest BCUT2D eigenvalue weighted by Crippen LogP contribution is 2.34. The molecule has 6 heterocycles. The Morgan fingerprint density at radius 2 is 1.85 bits per heavy atom. The van der Waals surface area contributed by atoms with Gasteiger partial charge in [0.05, 0.1) is 31.0 Å². The van der Waals surface area contributed by atoms with E-state index in [1.165, 1.54) is 6.07 Å². The largest absolute Gasteiger partial charge is 0.378 e. The first-order valence-corrected chi connectivity index (χ1v) is 13.8. The molecule has 2 aliphatic rings. The molecule has 0 unspecified atom stereocenters. The van der Waals surface area contributed by atoms with Crippen molar-refractivity contribution in [3.63, 3.8) is 0 Å². The topological polar surface area (TPSA) is 104 Å². The van der Waals surface area contributed by atoms with Gasteiger partial charge in [0.15, 0.2) is 22.8 Å². The lowest BCUT2D eigenvalue weighted by Crippen LogP contribution is -2.37. The van der Waals surface area contributed by atoms with Gasteiger partial charge in [0.2, 0.25) is 0 Å². The van der Waals surface area contributed by atoms with Gasteiger partial charge in [-0.05, 0) is 57.1 Å². The smallest absolute Gasteiger partial charge is 0.167 e. The highest BCUT2D eigenvalue weighted by atomic mass is 19.1. The number of fused-ring (bicyclic) bond motifs is 2. The van der Waals surface area contributed by atoms with Gasteiger partial charge < -0.3 is 19.2 Å². The number of H-pyrrole nitrogens is 2. The molecular formula is C28H32FN9O. The van der Waals surface area contributed by atoms with Gasteiger partial charge in [0.25, 0.3) is 0 Å². The normalized spacial score (nSPS) is 17.5. The zero-order valence-corrected chi connectivity index (χ0v) is 22.0. The lowest BCUT2D eigenvalue weighted by atomic mass is 9.94. The van der Waals surface area contributed by atoms with E-state index in [4.69, 9.17) is 19.7 Å². The zero-order chi connectivity index (χ0) is 26.3. The van der Waals surface area contributed by atoms with Crippen LogP contribution in [0.2, 0.25) is 0 Å². The van der Waals surface area contributed by atoms with Gasteiger partial charge in [-0.3, -0.25) is 10.00 Å². The number of aromatic nitrogens is 7. The Kier molecular flexibility index (Phi) is 6.24. The zero-order valence-electron chi connectivity index (χ0n) is 22.0. The van der Waals surface area contributed by atoms with Crippen LogP contribution < -0.4 is 4.90 Å². The molecular weight excluding hydrogens is 497 g/mol. The molecule has 2 N–H and O–H groups in total. The monoisotopic (exact) mass is 529 g/mol. The summed E-state index contributed by atoms with van der Waals surface area (Å²) in [6, 6.07) is 7.19. The summed E-state index contributed by atoms with van der Waals surface area (Å²) in [5.41, 5.74) is 3.93. The van der Waals surface area contributed by atoms with E-state index in [0.717, 1.165) is 71.9 Å². The number of anilines is 1. The molecule has 10 nitrogen and oxygen atoms in total. The molecule has 11 heteroatoms. The molecule has 5 aromatic rings. The molecule has 0 amide bonds. The molecule has 0 saturated carbocycles. The third-order valence-corrected chi connectivity index (χ3v) is 8.08. The molecule has 0 spiro atoms. The van der Waals surface area contributed by atoms with E-state index in [1.54, 1.807) is 6.07 Å². The van der Waals surface area contributed by atoms with E-state index >= 15 is 4.39 Å². The Bertz CT molecular complexity index is 1590. The first-order valence-electron chi connectivity index (χ1n) is 13.8. The number of piperidine rings is 1. The van der Waals surface area contributed by atoms with E-state index in [-0.39, 0.29) is 5.82 Å². The maximum Gasteiger partial charge on any atom is 0.167 e. The standard InChI is InChI=1S/C28H32FN9O/c1-2-38-23(17-36-11-7-18(8-12-36)21-6-10-31-35-21)32-25-27(37-13-15-39-16-14-37)33-26(34-28(25)38)24-19-5-9-30-22(19)4-3-20(24)29/h3-6,9-10,18,30H,2,7-8,11-17H2,1H3,(H,31,35). The summed E-state index contributed by atoms with van der Waals surface area (Å²) in [6.45, 7) is 8.18. The maximum atomic E-state index is 15.3. The Hall–Kier alpha value is -3.83. The molecule has 0 atom stereocenters. The fraction of sp³-hybridized carbons (Fsp3) is 0.429. The molecule has 0 radical (unpaired) electrons. The van der Waals surface area contributed by atoms with E-state index in [1.807, 2.05) is 18.5 Å². The van der Waals surface area contributed by atoms with Gasteiger partial charge in [-0.25, -0.2) is 19.3 Å². The summed E-state index contributed by atoms with van der Waals surface area (Å²) in [5, 5.41) is 8.11. The number of hydrogen-bond donors (Lipinski definition) is 2. The highest BCUT2D eigenvalue weighted by molar-refractivity contribution is 5.95. The summed E-state index contributed by atoms with van der Waals surface area (Å²) >= 11 is 0. The van der Waals surface area contributed by atoms with Crippen molar-refractivity contribution in [2.24, 2.45) is 0 Å². The Morgan fingerprint density at radius 3 is 2.62 bits per heavy atom. The Morgan fingerprint density at radius 1 is 1.00 bits per heavy atom. The lowest BCUT2D eigenvalue weighted by molar-refractivity contribution is 0.122. The van der Waals surface area contributed by atoms with Crippen LogP contribution in [0.15, 0.2) is 36.7 Å². The van der Waals surface area contributed by atoms with Crippen LogP contribution in [0.3, 0.4) is 0 Å². The third kappa shape index (κ3) is 4.35. The molecule has 2 fully saturated rings. The van der Waals surface area contributed by atoms with Gasteiger partial charge in [-0.1, -0.05) is 0 Å². The Balaban J connectivity index is 1.29. The molecule has 4 aromatic heterocycles. The molecule has 1 aromatic carbocycles. The number of hydrogen-bond acceptors (Lipinski definition) is 7. The Labute approximate surface area is 225 Å². The maximum absolute atomic E-state index is 15.3. The number of halogens is 1. The number of benzene rings is 1. The van der Waals surface area contributed by atoms with E-state index in [0.29, 0.717) is 50.2 Å². The number of rotatable bonds is 6. The van der Waals surface area contributed by atoms with Gasteiger partial charge in [0, 0.05) is 48.8 Å². The number of imidazole rings is 1. The average Bonchev–Trinajstić information content (AvgIpc) is 3.73. The third-order valence-electron chi connectivity index (χ3n) is 8.08. The van der Waals surface area contributed by atoms with Crippen molar-refractivity contribution in [2.45, 2.75) is 38.8 Å². The molecule has 0 bridgehead atoms. The van der Waals surface area contributed by atoms with Crippen molar-refractivity contribution in [1.82, 2.24) is 39.6 Å². The van der Waals surface area contributed by atoms with E-state index in [9.17, 15) is 0 Å². The average molecular weight is 530 g/mol. The quantitative estimate of drug-likeness (QED) is 0.342. The van der Waals surface area contributed by atoms with Gasteiger partial charge in [0.1, 0.15) is 11.6 Å². The van der Waals surface area contributed by atoms with Crippen molar-refractivity contribution in [2.75, 3.05) is 44.3 Å². The second-order valence-corrected chi connectivity index (χ2v) is 10.3. The molecule has 7 rings (SSSR count). The SMILES string of the molecule is CCn1c(CN2CCC(c3cc[nH]n3)CC2)nc2c(N3CCOCC3)nc(-c3c(F)ccc4[nH]ccc34)nc21. The number of likely N-dealkylation sites (tertiary alicyclic amines) is 1. The minimum absolute atomic E-state index is 0.336. The number of nitrogens with zero attached hydrogens (tertiary/aromatic N) is 7. The number of nitrogens with one attached hydrogen (secondary N) is 2. The summed E-state index contributed by atoms with van der Waals surface area (Å²) in [7, 11) is 0. The van der Waals surface area contributed by atoms with Crippen LogP contribution in [0.5, 0.6) is 0 Å². The summed E-state index contributed by atoms with van der Waals surface area (Å²) in [5.74, 6) is 2.25. The molecule has 202 valence electrons. The first kappa shape index (κ1) is 24.2. The van der Waals surface area contributed by atoms with Crippen molar-refractivity contribution < 1.29 is 9.13 Å². The molecule has 2 saturated heterocycles. The summed E-state index contributed by atoms with van der Waals surface area (Å²) in [6.07, 6.45) is 5.86. The minimum atomic E-state index is -0.336. The van der Waals surface area contributed by atoms with Crippen LogP contribution in [-0.4, -0.2) is 79.0 Å². The van der Waals surface area contributed by atoms with Crippen molar-refractivity contribution >= 4 is 27.9 Å². The van der Waals surface area contributed by atoms with Crippen LogP contribution in [0, 0.1) is 5.82 Å². The predicted molar refractivity (Wildman–Crippen MR) is 147 cm³/mol. The fourth-order valence-corrected chi connectivity index (χ4v) is 6.01. The van der Waals surface area contributed by atoms with Crippen LogP contribution in [0.25, 0.3) is 33.5 Å². The van der Waals surface area contributed by atoms with Gasteiger partial charge in [-0.15, -0.1) is 0 Å². The number of aromatic amines is 2. The summed E-state index contributed by atoms with van der Waals surface area (Å²) < 4.78 is 23.1. The van der Waals surface area contributed by atoms with Crippen molar-refractivity contribution in [1.29, 1.82) is 0 Å². The number of morpholine rings is 1. The van der Waals surface area contributed by atoms with Crippen LogP contribution >= 0.6 is 0 Å². The van der Waals surface area contributed by atoms with Gasteiger partial charge >= 0.3 is 0 Å². The summed E-state index contributed by atoms with van der Waals surface area (Å²) in [4.78, 5) is 22.9. The predicted octanol–water partition coefficient (Wildman–Crippen LogP) is 4.07. The second-order valence-electron chi connectivity index (χ2n) is 10.3. The fourth-order valence-electron chi connectivity index (χ4n) is 6.01. The van der Waals surface area contributed by atoms with Crippen LogP contribution in [0.4, 0.5) is 10.2 Å². The highest BCUT2D eigenvalue weighted by Gasteiger charge is 2.27. The van der Waals surface area contributed by atoms with Crippen LogP contribution in [0.1, 0.15) is 37.2 Å².